The SMILES string of the molecule is CC(C)n1cncc1C(CC(=O)O)N1CCCC1. The molecular formula is C13H21N3O2. The molecule has 0 aromatic carbocycles. The smallest absolute Gasteiger partial charge is 0.305 e. The Morgan fingerprint density at radius 2 is 2.11 bits per heavy atom. The van der Waals surface area contributed by atoms with Gasteiger partial charge < -0.3 is 9.67 Å². The van der Waals surface area contributed by atoms with Crippen LogP contribution < -0.4 is 0 Å². The van der Waals surface area contributed by atoms with Crippen molar-refractivity contribution in [3.05, 3.63) is 18.2 Å². The summed E-state index contributed by atoms with van der Waals surface area (Å²) in [5, 5.41) is 9.12. The number of hydrogen-bond donors (Lipinski definition) is 1. The molecule has 1 aliphatic rings. The van der Waals surface area contributed by atoms with E-state index in [-0.39, 0.29) is 12.5 Å². The van der Waals surface area contributed by atoms with Crippen molar-refractivity contribution >= 4 is 5.97 Å². The van der Waals surface area contributed by atoms with Gasteiger partial charge in [0, 0.05) is 12.2 Å². The summed E-state index contributed by atoms with van der Waals surface area (Å²) in [6.45, 7) is 6.16. The first-order valence-corrected chi connectivity index (χ1v) is 6.57. The van der Waals surface area contributed by atoms with Crippen molar-refractivity contribution < 1.29 is 9.90 Å². The number of aliphatic carboxylic acids is 1. The summed E-state index contributed by atoms with van der Waals surface area (Å²) >= 11 is 0. The Bertz CT molecular complexity index is 408. The molecule has 5 heteroatoms. The van der Waals surface area contributed by atoms with Crippen LogP contribution in [0.1, 0.15) is 50.9 Å². The standard InChI is InChI=1S/C13H21N3O2/c1-10(2)16-9-14-8-12(16)11(7-13(17)18)15-5-3-4-6-15/h8-11H,3-7H2,1-2H3,(H,17,18). The second-order valence-electron chi connectivity index (χ2n) is 5.18. The van der Waals surface area contributed by atoms with Gasteiger partial charge in [0.2, 0.25) is 0 Å². The first kappa shape index (κ1) is 13.1. The lowest BCUT2D eigenvalue weighted by Crippen LogP contribution is -2.29. The first-order chi connectivity index (χ1) is 8.59. The molecule has 18 heavy (non-hydrogen) atoms. The summed E-state index contributed by atoms with van der Waals surface area (Å²) in [7, 11) is 0. The fourth-order valence-electron chi connectivity index (χ4n) is 2.64. The maximum Gasteiger partial charge on any atom is 0.305 e. The Morgan fingerprint density at radius 3 is 2.67 bits per heavy atom. The van der Waals surface area contributed by atoms with E-state index >= 15 is 0 Å². The molecule has 2 heterocycles. The second kappa shape index (κ2) is 5.52. The van der Waals surface area contributed by atoms with E-state index in [4.69, 9.17) is 5.11 Å². The molecule has 1 N–H and O–H groups in total. The zero-order valence-electron chi connectivity index (χ0n) is 11.0. The van der Waals surface area contributed by atoms with Crippen LogP contribution in [-0.4, -0.2) is 38.6 Å². The lowest BCUT2D eigenvalue weighted by atomic mass is 10.1. The number of imidazole rings is 1. The maximum atomic E-state index is 11.1. The molecule has 1 aliphatic heterocycles. The molecule has 1 aromatic rings. The van der Waals surface area contributed by atoms with Crippen LogP contribution in [0.15, 0.2) is 12.5 Å². The highest BCUT2D eigenvalue weighted by atomic mass is 16.4. The zero-order valence-corrected chi connectivity index (χ0v) is 11.0. The van der Waals surface area contributed by atoms with Gasteiger partial charge in [0.15, 0.2) is 0 Å². The largest absolute Gasteiger partial charge is 0.481 e. The number of likely N-dealkylation sites (tertiary alicyclic amines) is 1. The third-order valence-corrected chi connectivity index (χ3v) is 3.54. The average Bonchev–Trinajstić information content (AvgIpc) is 2.97. The summed E-state index contributed by atoms with van der Waals surface area (Å²) in [6, 6.07) is 0.260. The van der Waals surface area contributed by atoms with E-state index in [0.717, 1.165) is 31.6 Å². The van der Waals surface area contributed by atoms with Crippen LogP contribution in [0.4, 0.5) is 0 Å². The van der Waals surface area contributed by atoms with Crippen molar-refractivity contribution in [1.29, 1.82) is 0 Å². The van der Waals surface area contributed by atoms with Crippen molar-refractivity contribution in [3.8, 4) is 0 Å². The van der Waals surface area contributed by atoms with Crippen LogP contribution in [0.2, 0.25) is 0 Å². The normalized spacial score (nSPS) is 18.4. The lowest BCUT2D eigenvalue weighted by Gasteiger charge is -2.28. The number of aromatic nitrogens is 2. The van der Waals surface area contributed by atoms with Crippen LogP contribution in [0.5, 0.6) is 0 Å². The van der Waals surface area contributed by atoms with Gasteiger partial charge in [-0.3, -0.25) is 9.69 Å². The molecule has 0 radical (unpaired) electrons. The van der Waals surface area contributed by atoms with Gasteiger partial charge in [0.05, 0.1) is 24.5 Å². The van der Waals surface area contributed by atoms with Crippen molar-refractivity contribution in [2.45, 2.75) is 45.2 Å². The van der Waals surface area contributed by atoms with Gasteiger partial charge in [-0.05, 0) is 39.8 Å². The summed E-state index contributed by atoms with van der Waals surface area (Å²) in [6.07, 6.45) is 6.08. The zero-order chi connectivity index (χ0) is 13.1. The Hall–Kier alpha value is -1.36. The predicted molar refractivity (Wildman–Crippen MR) is 68.4 cm³/mol. The van der Waals surface area contributed by atoms with Crippen LogP contribution in [-0.2, 0) is 4.79 Å². The molecule has 0 bridgehead atoms. The molecule has 0 amide bonds. The van der Waals surface area contributed by atoms with E-state index < -0.39 is 5.97 Å². The van der Waals surface area contributed by atoms with E-state index in [1.807, 2.05) is 6.20 Å². The van der Waals surface area contributed by atoms with Gasteiger partial charge in [0.1, 0.15) is 0 Å². The minimum absolute atomic E-state index is 0.0464. The third kappa shape index (κ3) is 2.72. The quantitative estimate of drug-likeness (QED) is 0.870. The number of carboxylic acid groups (broad SMARTS) is 1. The van der Waals surface area contributed by atoms with Crippen molar-refractivity contribution in [1.82, 2.24) is 14.5 Å². The molecule has 5 nitrogen and oxygen atoms in total. The molecule has 1 aromatic heterocycles. The number of carboxylic acids is 1. The molecule has 2 rings (SSSR count). The molecule has 0 saturated carbocycles. The molecule has 1 saturated heterocycles. The summed E-state index contributed by atoms with van der Waals surface area (Å²) in [4.78, 5) is 17.5. The monoisotopic (exact) mass is 251 g/mol. The number of rotatable bonds is 5. The first-order valence-electron chi connectivity index (χ1n) is 6.57. The Kier molecular flexibility index (Phi) is 4.01. The molecule has 1 unspecified atom stereocenters. The van der Waals surface area contributed by atoms with Crippen molar-refractivity contribution in [3.63, 3.8) is 0 Å². The summed E-state index contributed by atoms with van der Waals surface area (Å²) in [5.41, 5.74) is 1.02. The number of nitrogens with zero attached hydrogens (tertiary/aromatic N) is 3. The Morgan fingerprint density at radius 1 is 1.44 bits per heavy atom. The molecule has 0 aliphatic carbocycles. The van der Waals surface area contributed by atoms with Gasteiger partial charge in [-0.15, -0.1) is 0 Å². The van der Waals surface area contributed by atoms with Crippen LogP contribution >= 0.6 is 0 Å². The van der Waals surface area contributed by atoms with Gasteiger partial charge in [-0.1, -0.05) is 0 Å². The fraction of sp³-hybridized carbons (Fsp3) is 0.692. The van der Waals surface area contributed by atoms with E-state index in [0.29, 0.717) is 6.04 Å². The van der Waals surface area contributed by atoms with E-state index in [1.54, 1.807) is 6.33 Å². The van der Waals surface area contributed by atoms with Crippen LogP contribution in [0.25, 0.3) is 0 Å². The van der Waals surface area contributed by atoms with Crippen LogP contribution in [0, 0.1) is 0 Å². The van der Waals surface area contributed by atoms with Gasteiger partial charge in [-0.2, -0.15) is 0 Å². The molecule has 0 spiro atoms. The fourth-order valence-corrected chi connectivity index (χ4v) is 2.64. The highest BCUT2D eigenvalue weighted by Crippen LogP contribution is 2.29. The minimum atomic E-state index is -0.747. The van der Waals surface area contributed by atoms with Crippen molar-refractivity contribution in [2.75, 3.05) is 13.1 Å². The Balaban J connectivity index is 2.26. The molecule has 100 valence electrons. The van der Waals surface area contributed by atoms with Crippen molar-refractivity contribution in [2.24, 2.45) is 0 Å². The molecule has 1 fully saturated rings. The van der Waals surface area contributed by atoms with E-state index in [1.165, 1.54) is 0 Å². The third-order valence-electron chi connectivity index (χ3n) is 3.54. The van der Waals surface area contributed by atoms with Gasteiger partial charge >= 0.3 is 5.97 Å². The predicted octanol–water partition coefficient (Wildman–Crippen LogP) is 2.08. The van der Waals surface area contributed by atoms with E-state index in [9.17, 15) is 4.79 Å². The van der Waals surface area contributed by atoms with Gasteiger partial charge in [0.25, 0.3) is 0 Å². The van der Waals surface area contributed by atoms with Crippen LogP contribution in [0.3, 0.4) is 0 Å². The lowest BCUT2D eigenvalue weighted by molar-refractivity contribution is -0.138. The average molecular weight is 251 g/mol. The highest BCUT2D eigenvalue weighted by molar-refractivity contribution is 5.67. The molecular weight excluding hydrogens is 230 g/mol. The number of carbonyl (C=O) groups is 1. The van der Waals surface area contributed by atoms with Gasteiger partial charge in [-0.25, -0.2) is 4.98 Å². The molecule has 1 atom stereocenters. The maximum absolute atomic E-state index is 11.1. The summed E-state index contributed by atoms with van der Waals surface area (Å²) in [5.74, 6) is -0.747. The second-order valence-corrected chi connectivity index (χ2v) is 5.18. The number of hydrogen-bond acceptors (Lipinski definition) is 3. The highest BCUT2D eigenvalue weighted by Gasteiger charge is 2.28. The topological polar surface area (TPSA) is 58.4 Å². The Labute approximate surface area is 107 Å². The summed E-state index contributed by atoms with van der Waals surface area (Å²) < 4.78 is 2.08. The van der Waals surface area contributed by atoms with E-state index in [2.05, 4.69) is 28.3 Å². The minimum Gasteiger partial charge on any atom is -0.481 e.